The molecule has 0 fully saturated rings. The Bertz CT molecular complexity index is 981. The molecule has 0 radical (unpaired) electrons. The van der Waals surface area contributed by atoms with Gasteiger partial charge in [-0.2, -0.15) is 0 Å². The second kappa shape index (κ2) is 10.5. The lowest BCUT2D eigenvalue weighted by Gasteiger charge is -2.16. The molecule has 4 heteroatoms. The SMILES string of the molecule is CN(Cc1cccc(-c2ccc(C(=O)CCCc3ccccc3)cc2)c1)C(=O)CN. The molecule has 2 N–H and O–H groups in total. The zero-order valence-corrected chi connectivity index (χ0v) is 17.4. The molecule has 3 rings (SSSR count). The molecule has 0 atom stereocenters. The normalized spacial score (nSPS) is 10.6. The number of amides is 1. The highest BCUT2D eigenvalue weighted by Gasteiger charge is 2.09. The number of hydrogen-bond donors (Lipinski definition) is 1. The topological polar surface area (TPSA) is 63.4 Å². The van der Waals surface area contributed by atoms with Gasteiger partial charge in [-0.15, -0.1) is 0 Å². The smallest absolute Gasteiger partial charge is 0.236 e. The van der Waals surface area contributed by atoms with Gasteiger partial charge in [0.1, 0.15) is 0 Å². The zero-order chi connectivity index (χ0) is 21.3. The number of ketones is 1. The van der Waals surface area contributed by atoms with Gasteiger partial charge in [0.05, 0.1) is 6.54 Å². The molecule has 0 saturated heterocycles. The fourth-order valence-electron chi connectivity index (χ4n) is 3.46. The maximum absolute atomic E-state index is 12.5. The molecule has 1 amide bonds. The summed E-state index contributed by atoms with van der Waals surface area (Å²) in [5.41, 5.74) is 10.6. The average Bonchev–Trinajstić information content (AvgIpc) is 2.79. The van der Waals surface area contributed by atoms with E-state index in [4.69, 9.17) is 5.73 Å². The number of benzene rings is 3. The first-order valence-electron chi connectivity index (χ1n) is 10.3. The van der Waals surface area contributed by atoms with E-state index in [1.807, 2.05) is 60.7 Å². The van der Waals surface area contributed by atoms with E-state index in [2.05, 4.69) is 18.2 Å². The van der Waals surface area contributed by atoms with Crippen LogP contribution in [0.4, 0.5) is 0 Å². The van der Waals surface area contributed by atoms with Crippen molar-refractivity contribution >= 4 is 11.7 Å². The third-order valence-electron chi connectivity index (χ3n) is 5.20. The van der Waals surface area contributed by atoms with Crippen LogP contribution in [0.5, 0.6) is 0 Å². The quantitative estimate of drug-likeness (QED) is 0.539. The van der Waals surface area contributed by atoms with Crippen molar-refractivity contribution in [2.45, 2.75) is 25.8 Å². The Labute approximate surface area is 178 Å². The number of nitrogens with zero attached hydrogens (tertiary/aromatic N) is 1. The molecule has 154 valence electrons. The molecule has 3 aromatic carbocycles. The second-order valence-electron chi connectivity index (χ2n) is 7.49. The van der Waals surface area contributed by atoms with Crippen LogP contribution >= 0.6 is 0 Å². The van der Waals surface area contributed by atoms with E-state index in [1.165, 1.54) is 5.56 Å². The predicted molar refractivity (Wildman–Crippen MR) is 121 cm³/mol. The van der Waals surface area contributed by atoms with E-state index >= 15 is 0 Å². The summed E-state index contributed by atoms with van der Waals surface area (Å²) in [4.78, 5) is 25.8. The summed E-state index contributed by atoms with van der Waals surface area (Å²) in [7, 11) is 1.75. The molecule has 4 nitrogen and oxygen atoms in total. The molecule has 0 heterocycles. The Balaban J connectivity index is 1.60. The lowest BCUT2D eigenvalue weighted by atomic mass is 9.98. The van der Waals surface area contributed by atoms with E-state index < -0.39 is 0 Å². The van der Waals surface area contributed by atoms with Gasteiger partial charge in [-0.05, 0) is 41.2 Å². The number of rotatable bonds is 9. The maximum atomic E-state index is 12.5. The van der Waals surface area contributed by atoms with E-state index in [9.17, 15) is 9.59 Å². The summed E-state index contributed by atoms with van der Waals surface area (Å²) in [5.74, 6) is 0.0867. The second-order valence-corrected chi connectivity index (χ2v) is 7.49. The number of carbonyl (C=O) groups is 2. The standard InChI is InChI=1S/C26H28N2O2/c1-28(26(30)18-27)19-21-10-5-11-24(17-21)22-13-15-23(16-14-22)25(29)12-6-9-20-7-3-2-4-8-20/h2-5,7-8,10-11,13-17H,6,9,12,18-19,27H2,1H3. The number of nitrogens with two attached hydrogens (primary N) is 1. The van der Waals surface area contributed by atoms with Gasteiger partial charge in [-0.25, -0.2) is 0 Å². The van der Waals surface area contributed by atoms with E-state index in [0.29, 0.717) is 13.0 Å². The monoisotopic (exact) mass is 400 g/mol. The van der Waals surface area contributed by atoms with Gasteiger partial charge in [-0.1, -0.05) is 72.8 Å². The summed E-state index contributed by atoms with van der Waals surface area (Å²) < 4.78 is 0. The molecule has 0 spiro atoms. The summed E-state index contributed by atoms with van der Waals surface area (Å²) in [6.07, 6.45) is 2.31. The van der Waals surface area contributed by atoms with Gasteiger partial charge in [0.15, 0.2) is 5.78 Å². The maximum Gasteiger partial charge on any atom is 0.236 e. The molecule has 0 aliphatic heterocycles. The van der Waals surface area contributed by atoms with Gasteiger partial charge in [-0.3, -0.25) is 9.59 Å². The molecular formula is C26H28N2O2. The number of Topliss-reactive ketones (excluding diaryl/α,β-unsaturated/α-hetero) is 1. The minimum absolute atomic E-state index is 0.0109. The first-order chi connectivity index (χ1) is 14.6. The third-order valence-corrected chi connectivity index (χ3v) is 5.20. The Morgan fingerprint density at radius 2 is 1.53 bits per heavy atom. The molecule has 0 aromatic heterocycles. The molecule has 0 saturated carbocycles. The molecular weight excluding hydrogens is 372 g/mol. The molecule has 30 heavy (non-hydrogen) atoms. The average molecular weight is 401 g/mol. The van der Waals surface area contributed by atoms with Crippen molar-refractivity contribution in [1.82, 2.24) is 4.90 Å². The lowest BCUT2D eigenvalue weighted by molar-refractivity contribution is -0.128. The van der Waals surface area contributed by atoms with Crippen molar-refractivity contribution in [3.63, 3.8) is 0 Å². The van der Waals surface area contributed by atoms with Crippen molar-refractivity contribution < 1.29 is 9.59 Å². The number of carbonyl (C=O) groups excluding carboxylic acids is 2. The minimum atomic E-state index is -0.0875. The largest absolute Gasteiger partial charge is 0.340 e. The van der Waals surface area contributed by atoms with Crippen molar-refractivity contribution in [3.05, 3.63) is 95.6 Å². The first-order valence-corrected chi connectivity index (χ1v) is 10.3. The van der Waals surface area contributed by atoms with Crippen LogP contribution in [0.25, 0.3) is 11.1 Å². The Kier molecular flexibility index (Phi) is 7.52. The number of aryl methyl sites for hydroxylation is 1. The highest BCUT2D eigenvalue weighted by molar-refractivity contribution is 5.96. The van der Waals surface area contributed by atoms with Crippen LogP contribution < -0.4 is 5.73 Å². The molecule has 0 aliphatic carbocycles. The summed E-state index contributed by atoms with van der Waals surface area (Å²) >= 11 is 0. The van der Waals surface area contributed by atoms with Crippen LogP contribution in [0.1, 0.15) is 34.3 Å². The van der Waals surface area contributed by atoms with Gasteiger partial charge >= 0.3 is 0 Å². The highest BCUT2D eigenvalue weighted by atomic mass is 16.2. The molecule has 0 unspecified atom stereocenters. The Morgan fingerprint density at radius 1 is 0.833 bits per heavy atom. The van der Waals surface area contributed by atoms with Crippen LogP contribution in [0.3, 0.4) is 0 Å². The minimum Gasteiger partial charge on any atom is -0.340 e. The van der Waals surface area contributed by atoms with Crippen LogP contribution in [0.2, 0.25) is 0 Å². The third kappa shape index (κ3) is 5.88. The zero-order valence-electron chi connectivity index (χ0n) is 17.4. The van der Waals surface area contributed by atoms with E-state index in [-0.39, 0.29) is 18.2 Å². The molecule has 0 bridgehead atoms. The van der Waals surface area contributed by atoms with Crippen LogP contribution in [-0.2, 0) is 17.8 Å². The fraction of sp³-hybridized carbons (Fsp3) is 0.231. The van der Waals surface area contributed by atoms with Crippen molar-refractivity contribution in [3.8, 4) is 11.1 Å². The van der Waals surface area contributed by atoms with Gasteiger partial charge < -0.3 is 10.6 Å². The van der Waals surface area contributed by atoms with Crippen LogP contribution in [0.15, 0.2) is 78.9 Å². The van der Waals surface area contributed by atoms with Gasteiger partial charge in [0, 0.05) is 25.6 Å². The lowest BCUT2D eigenvalue weighted by Crippen LogP contribution is -2.32. The van der Waals surface area contributed by atoms with Gasteiger partial charge in [0.25, 0.3) is 0 Å². The highest BCUT2D eigenvalue weighted by Crippen LogP contribution is 2.22. The van der Waals surface area contributed by atoms with Gasteiger partial charge in [0.2, 0.25) is 5.91 Å². The first kappa shape index (κ1) is 21.5. The Morgan fingerprint density at radius 3 is 2.23 bits per heavy atom. The number of hydrogen-bond acceptors (Lipinski definition) is 3. The van der Waals surface area contributed by atoms with Crippen LogP contribution in [0, 0.1) is 0 Å². The summed E-state index contributed by atoms with van der Waals surface area (Å²) in [5, 5.41) is 0. The molecule has 3 aromatic rings. The Hall–Kier alpha value is -3.24. The molecule has 0 aliphatic rings. The fourth-order valence-corrected chi connectivity index (χ4v) is 3.46. The van der Waals surface area contributed by atoms with Crippen molar-refractivity contribution in [2.75, 3.05) is 13.6 Å². The van der Waals surface area contributed by atoms with E-state index in [0.717, 1.165) is 35.1 Å². The predicted octanol–water partition coefficient (Wildman–Crippen LogP) is 4.48. The number of likely N-dealkylation sites (N-methyl/N-ethyl adjacent to an activating group) is 1. The van der Waals surface area contributed by atoms with Crippen LogP contribution in [-0.4, -0.2) is 30.2 Å². The van der Waals surface area contributed by atoms with Crippen molar-refractivity contribution in [1.29, 1.82) is 0 Å². The van der Waals surface area contributed by atoms with Crippen molar-refractivity contribution in [2.24, 2.45) is 5.73 Å². The summed E-state index contributed by atoms with van der Waals surface area (Å²) in [6.45, 7) is 0.527. The summed E-state index contributed by atoms with van der Waals surface area (Å²) in [6, 6.07) is 26.1. The van der Waals surface area contributed by atoms with E-state index in [1.54, 1.807) is 11.9 Å².